The van der Waals surface area contributed by atoms with Crippen LogP contribution in [0.1, 0.15) is 23.8 Å². The molecule has 30 heavy (non-hydrogen) atoms. The van der Waals surface area contributed by atoms with Crippen molar-refractivity contribution in [2.75, 3.05) is 7.11 Å². The Labute approximate surface area is 180 Å². The van der Waals surface area contributed by atoms with Gasteiger partial charge in [-0.05, 0) is 48.0 Å². The molecule has 3 rings (SSSR count). The average Bonchev–Trinajstić information content (AvgIpc) is 3.27. The van der Waals surface area contributed by atoms with Gasteiger partial charge < -0.3 is 14.5 Å². The van der Waals surface area contributed by atoms with Crippen LogP contribution in [-0.2, 0) is 21.4 Å². The Morgan fingerprint density at radius 2 is 1.83 bits per heavy atom. The quantitative estimate of drug-likeness (QED) is 0.520. The molecule has 0 aliphatic carbocycles. The number of rotatable bonds is 9. The number of furan rings is 1. The summed E-state index contributed by atoms with van der Waals surface area (Å²) in [5.41, 5.74) is 0.765. The summed E-state index contributed by atoms with van der Waals surface area (Å²) in [4.78, 5) is 12.5. The fraction of sp³-hybridized carbons (Fsp3) is 0.190. The summed E-state index contributed by atoms with van der Waals surface area (Å²) < 4.78 is 38.5. The third kappa shape index (κ3) is 5.63. The number of carbonyl (C=O) groups excluding carboxylic acids is 1. The van der Waals surface area contributed by atoms with E-state index in [1.54, 1.807) is 42.5 Å². The highest BCUT2D eigenvalue weighted by molar-refractivity contribution is 7.89. The Bertz CT molecular complexity index is 1080. The Kier molecular flexibility index (Phi) is 7.15. The number of ether oxygens (including phenoxy) is 1. The van der Waals surface area contributed by atoms with Gasteiger partial charge in [0.2, 0.25) is 15.9 Å². The van der Waals surface area contributed by atoms with Crippen molar-refractivity contribution in [2.24, 2.45) is 0 Å². The van der Waals surface area contributed by atoms with Gasteiger partial charge in [-0.2, -0.15) is 4.72 Å². The maximum Gasteiger partial charge on any atom is 0.241 e. The van der Waals surface area contributed by atoms with Gasteiger partial charge in [0.15, 0.2) is 0 Å². The number of benzene rings is 2. The second-order valence-corrected chi connectivity index (χ2v) is 8.56. The molecule has 0 aliphatic heterocycles. The largest absolute Gasteiger partial charge is 0.497 e. The lowest BCUT2D eigenvalue weighted by Gasteiger charge is -2.17. The first-order valence-electron chi connectivity index (χ1n) is 9.09. The summed E-state index contributed by atoms with van der Waals surface area (Å²) in [6, 6.07) is 15.5. The van der Waals surface area contributed by atoms with Crippen molar-refractivity contribution in [3.05, 3.63) is 83.3 Å². The summed E-state index contributed by atoms with van der Waals surface area (Å²) in [5, 5.41) is 3.30. The number of amides is 1. The summed E-state index contributed by atoms with van der Waals surface area (Å²) >= 11 is 6.10. The highest BCUT2D eigenvalue weighted by atomic mass is 35.5. The van der Waals surface area contributed by atoms with Crippen molar-refractivity contribution in [2.45, 2.75) is 23.9 Å². The van der Waals surface area contributed by atoms with E-state index >= 15 is 0 Å². The number of hydrogen-bond acceptors (Lipinski definition) is 5. The molecular formula is C21H21ClN2O5S. The second kappa shape index (κ2) is 9.80. The van der Waals surface area contributed by atoms with Crippen LogP contribution in [0.2, 0.25) is 5.02 Å². The highest BCUT2D eigenvalue weighted by Crippen LogP contribution is 2.22. The maximum absolute atomic E-state index is 12.8. The lowest BCUT2D eigenvalue weighted by Crippen LogP contribution is -2.33. The number of methoxy groups -OCH3 is 1. The van der Waals surface area contributed by atoms with Crippen LogP contribution in [-0.4, -0.2) is 21.4 Å². The van der Waals surface area contributed by atoms with E-state index in [4.69, 9.17) is 20.8 Å². The third-order valence-electron chi connectivity index (χ3n) is 4.38. The monoisotopic (exact) mass is 448 g/mol. The molecule has 2 aromatic carbocycles. The van der Waals surface area contributed by atoms with Gasteiger partial charge in [0, 0.05) is 11.6 Å². The zero-order chi connectivity index (χ0) is 21.6. The van der Waals surface area contributed by atoms with Crippen LogP contribution in [0.15, 0.2) is 76.2 Å². The predicted molar refractivity (Wildman–Crippen MR) is 113 cm³/mol. The molecule has 1 heterocycles. The second-order valence-electron chi connectivity index (χ2n) is 6.44. The SMILES string of the molecule is COc1ccc(S(=O)(=O)N[C@H](CC(=O)NCc2ccccc2Cl)c2ccco2)cc1. The van der Waals surface area contributed by atoms with Crippen molar-refractivity contribution < 1.29 is 22.4 Å². The van der Waals surface area contributed by atoms with Crippen molar-refractivity contribution in [3.63, 3.8) is 0 Å². The van der Waals surface area contributed by atoms with E-state index in [-0.39, 0.29) is 23.8 Å². The number of halogens is 1. The zero-order valence-electron chi connectivity index (χ0n) is 16.2. The third-order valence-corrected chi connectivity index (χ3v) is 6.23. The first kappa shape index (κ1) is 21.9. The molecule has 1 atom stereocenters. The molecule has 7 nitrogen and oxygen atoms in total. The number of nitrogens with one attached hydrogen (secondary N) is 2. The fourth-order valence-corrected chi connectivity index (χ4v) is 4.20. The van der Waals surface area contributed by atoms with Crippen LogP contribution in [0.4, 0.5) is 0 Å². The van der Waals surface area contributed by atoms with E-state index in [0.717, 1.165) is 5.56 Å². The van der Waals surface area contributed by atoms with Crippen molar-refractivity contribution in [3.8, 4) is 5.75 Å². The molecule has 0 radical (unpaired) electrons. The van der Waals surface area contributed by atoms with Crippen molar-refractivity contribution in [1.29, 1.82) is 0 Å². The molecule has 0 unspecified atom stereocenters. The van der Waals surface area contributed by atoms with Gasteiger partial charge in [-0.3, -0.25) is 4.79 Å². The molecular weight excluding hydrogens is 428 g/mol. The summed E-state index contributed by atoms with van der Waals surface area (Å²) in [7, 11) is -2.40. The molecule has 0 saturated carbocycles. The molecule has 2 N–H and O–H groups in total. The molecule has 0 bridgehead atoms. The Hall–Kier alpha value is -2.81. The van der Waals surface area contributed by atoms with Gasteiger partial charge in [-0.25, -0.2) is 8.42 Å². The van der Waals surface area contributed by atoms with Crippen LogP contribution in [0.25, 0.3) is 0 Å². The molecule has 0 saturated heterocycles. The molecule has 0 spiro atoms. The first-order chi connectivity index (χ1) is 14.4. The van der Waals surface area contributed by atoms with E-state index in [0.29, 0.717) is 16.5 Å². The van der Waals surface area contributed by atoms with Crippen molar-refractivity contribution in [1.82, 2.24) is 10.0 Å². The summed E-state index contributed by atoms with van der Waals surface area (Å²) in [5.74, 6) is 0.518. The molecule has 0 fully saturated rings. The van der Waals surface area contributed by atoms with Crippen LogP contribution in [0, 0.1) is 0 Å². The van der Waals surface area contributed by atoms with Gasteiger partial charge >= 0.3 is 0 Å². The molecule has 3 aromatic rings. The van der Waals surface area contributed by atoms with Crippen LogP contribution < -0.4 is 14.8 Å². The lowest BCUT2D eigenvalue weighted by atomic mass is 10.1. The minimum atomic E-state index is -3.90. The minimum Gasteiger partial charge on any atom is -0.497 e. The Morgan fingerprint density at radius 3 is 2.47 bits per heavy atom. The van der Waals surface area contributed by atoms with Crippen LogP contribution in [0.3, 0.4) is 0 Å². The number of sulfonamides is 1. The van der Waals surface area contributed by atoms with E-state index < -0.39 is 16.1 Å². The molecule has 0 aliphatic rings. The van der Waals surface area contributed by atoms with E-state index in [1.165, 1.54) is 25.5 Å². The smallest absolute Gasteiger partial charge is 0.241 e. The van der Waals surface area contributed by atoms with E-state index in [1.807, 2.05) is 6.07 Å². The molecule has 1 aromatic heterocycles. The fourth-order valence-electron chi connectivity index (χ4n) is 2.79. The van der Waals surface area contributed by atoms with Gasteiger partial charge in [0.1, 0.15) is 11.5 Å². The molecule has 9 heteroatoms. The van der Waals surface area contributed by atoms with Gasteiger partial charge in [-0.15, -0.1) is 0 Å². The summed E-state index contributed by atoms with van der Waals surface area (Å²) in [6.45, 7) is 0.231. The van der Waals surface area contributed by atoms with Gasteiger partial charge in [0.25, 0.3) is 0 Å². The van der Waals surface area contributed by atoms with Gasteiger partial charge in [0.05, 0.1) is 30.7 Å². The molecule has 1 amide bonds. The van der Waals surface area contributed by atoms with Gasteiger partial charge in [-0.1, -0.05) is 29.8 Å². The van der Waals surface area contributed by atoms with Crippen molar-refractivity contribution >= 4 is 27.5 Å². The van der Waals surface area contributed by atoms with Crippen LogP contribution >= 0.6 is 11.6 Å². The summed E-state index contributed by atoms with van der Waals surface area (Å²) in [6.07, 6.45) is 1.28. The highest BCUT2D eigenvalue weighted by Gasteiger charge is 2.25. The maximum atomic E-state index is 12.8. The zero-order valence-corrected chi connectivity index (χ0v) is 17.7. The average molecular weight is 449 g/mol. The number of hydrogen-bond donors (Lipinski definition) is 2. The standard InChI is InChI=1S/C21H21ClN2O5S/c1-28-16-8-10-17(11-9-16)30(26,27)24-19(20-7-4-12-29-20)13-21(25)23-14-15-5-2-3-6-18(15)22/h2-12,19,24H,13-14H2,1H3,(H,23,25)/t19-/m1/s1. The van der Waals surface area contributed by atoms with E-state index in [9.17, 15) is 13.2 Å². The lowest BCUT2D eigenvalue weighted by molar-refractivity contribution is -0.121. The Balaban J connectivity index is 1.71. The minimum absolute atomic E-state index is 0.0522. The molecule has 158 valence electrons. The topological polar surface area (TPSA) is 97.6 Å². The Morgan fingerprint density at radius 1 is 1.10 bits per heavy atom. The van der Waals surface area contributed by atoms with Crippen LogP contribution in [0.5, 0.6) is 5.75 Å². The number of carbonyl (C=O) groups is 1. The predicted octanol–water partition coefficient (Wildman–Crippen LogP) is 3.67. The normalized spacial score (nSPS) is 12.3. The van der Waals surface area contributed by atoms with E-state index in [2.05, 4.69) is 10.0 Å². The first-order valence-corrected chi connectivity index (χ1v) is 10.9.